The minimum Gasteiger partial charge on any atom is -0.381 e. The minimum atomic E-state index is -0.529. The van der Waals surface area contributed by atoms with Gasteiger partial charge < -0.3 is 20.3 Å². The number of nitrogens with zero attached hydrogens (tertiary/aromatic N) is 1. The standard InChI is InChI=1S/C19H25N3O4S2/c23-16(10-22-14-27-12-18(22)25)21-19(6-8-26-9-7-19)13-20-17(24)11-28-15-4-2-1-3-5-15/h1-5H,6-14H2,(H,20,24)(H,21,23). The lowest BCUT2D eigenvalue weighted by molar-refractivity contribution is -0.134. The lowest BCUT2D eigenvalue weighted by atomic mass is 9.89. The van der Waals surface area contributed by atoms with Gasteiger partial charge in [-0.05, 0) is 25.0 Å². The fourth-order valence-electron chi connectivity index (χ4n) is 3.14. The van der Waals surface area contributed by atoms with Crippen LogP contribution in [0.2, 0.25) is 0 Å². The lowest BCUT2D eigenvalue weighted by Crippen LogP contribution is -2.59. The van der Waals surface area contributed by atoms with Crippen molar-refractivity contribution in [1.29, 1.82) is 0 Å². The van der Waals surface area contributed by atoms with Crippen molar-refractivity contribution in [2.24, 2.45) is 0 Å². The molecule has 28 heavy (non-hydrogen) atoms. The highest BCUT2D eigenvalue weighted by molar-refractivity contribution is 8.00. The van der Waals surface area contributed by atoms with Crippen molar-refractivity contribution in [3.05, 3.63) is 30.3 Å². The Balaban J connectivity index is 1.50. The number of hydrogen-bond acceptors (Lipinski definition) is 6. The van der Waals surface area contributed by atoms with Gasteiger partial charge in [0.25, 0.3) is 0 Å². The van der Waals surface area contributed by atoms with E-state index in [0.29, 0.717) is 50.0 Å². The summed E-state index contributed by atoms with van der Waals surface area (Å²) in [7, 11) is 0. The molecule has 152 valence electrons. The molecule has 2 saturated heterocycles. The van der Waals surface area contributed by atoms with Crippen LogP contribution in [0.4, 0.5) is 0 Å². The first-order valence-corrected chi connectivity index (χ1v) is 11.4. The van der Waals surface area contributed by atoms with E-state index in [1.54, 1.807) is 4.90 Å². The topological polar surface area (TPSA) is 87.7 Å². The molecule has 0 aliphatic carbocycles. The molecular weight excluding hydrogens is 398 g/mol. The minimum absolute atomic E-state index is 0.00702. The van der Waals surface area contributed by atoms with Crippen LogP contribution < -0.4 is 10.6 Å². The van der Waals surface area contributed by atoms with Crippen molar-refractivity contribution >= 4 is 41.2 Å². The molecule has 2 N–H and O–H groups in total. The van der Waals surface area contributed by atoms with Gasteiger partial charge in [-0.15, -0.1) is 23.5 Å². The molecule has 9 heteroatoms. The Morgan fingerprint density at radius 3 is 2.61 bits per heavy atom. The summed E-state index contributed by atoms with van der Waals surface area (Å²) in [5.41, 5.74) is -0.529. The third kappa shape index (κ3) is 6.15. The van der Waals surface area contributed by atoms with E-state index in [9.17, 15) is 14.4 Å². The summed E-state index contributed by atoms with van der Waals surface area (Å²) < 4.78 is 5.43. The SMILES string of the molecule is O=C(CSc1ccccc1)NCC1(NC(=O)CN2CSCC2=O)CCOCC1. The van der Waals surface area contributed by atoms with Gasteiger partial charge in [0.2, 0.25) is 17.7 Å². The number of carbonyl (C=O) groups is 3. The third-order valence-electron chi connectivity index (χ3n) is 4.75. The van der Waals surface area contributed by atoms with Crippen molar-refractivity contribution < 1.29 is 19.1 Å². The van der Waals surface area contributed by atoms with E-state index in [2.05, 4.69) is 10.6 Å². The maximum atomic E-state index is 12.5. The van der Waals surface area contributed by atoms with Crippen molar-refractivity contribution in [3.8, 4) is 0 Å². The number of rotatable bonds is 8. The van der Waals surface area contributed by atoms with Gasteiger partial charge in [-0.2, -0.15) is 0 Å². The quantitative estimate of drug-likeness (QED) is 0.609. The molecule has 0 radical (unpaired) electrons. The summed E-state index contributed by atoms with van der Waals surface area (Å²) in [5, 5.41) is 6.02. The van der Waals surface area contributed by atoms with Gasteiger partial charge in [0.05, 0.1) is 22.9 Å². The average molecular weight is 424 g/mol. The molecule has 3 rings (SSSR count). The van der Waals surface area contributed by atoms with Gasteiger partial charge >= 0.3 is 0 Å². The summed E-state index contributed by atoms with van der Waals surface area (Å²) in [6.45, 7) is 1.49. The van der Waals surface area contributed by atoms with Crippen LogP contribution in [0.3, 0.4) is 0 Å². The van der Waals surface area contributed by atoms with Gasteiger partial charge in [-0.25, -0.2) is 0 Å². The summed E-state index contributed by atoms with van der Waals surface area (Å²) in [6, 6.07) is 9.76. The predicted molar refractivity (Wildman–Crippen MR) is 110 cm³/mol. The van der Waals surface area contributed by atoms with E-state index in [-0.39, 0.29) is 24.3 Å². The number of amides is 3. The predicted octanol–water partition coefficient (Wildman–Crippen LogP) is 1.09. The number of benzene rings is 1. The zero-order valence-electron chi connectivity index (χ0n) is 15.6. The molecule has 0 saturated carbocycles. The molecule has 3 amide bonds. The van der Waals surface area contributed by atoms with Gasteiger partial charge in [-0.1, -0.05) is 18.2 Å². The smallest absolute Gasteiger partial charge is 0.240 e. The Labute approximate surface area is 173 Å². The average Bonchev–Trinajstić information content (AvgIpc) is 3.10. The van der Waals surface area contributed by atoms with Crippen LogP contribution >= 0.6 is 23.5 Å². The molecule has 2 fully saturated rings. The van der Waals surface area contributed by atoms with Gasteiger partial charge in [0, 0.05) is 24.7 Å². The molecule has 2 aliphatic rings. The normalized spacial score (nSPS) is 18.7. The van der Waals surface area contributed by atoms with Crippen LogP contribution in [0.5, 0.6) is 0 Å². The van der Waals surface area contributed by atoms with Crippen LogP contribution in [0.15, 0.2) is 35.2 Å². The van der Waals surface area contributed by atoms with Crippen LogP contribution in [0.1, 0.15) is 12.8 Å². The van der Waals surface area contributed by atoms with Gasteiger partial charge in [-0.3, -0.25) is 14.4 Å². The summed E-state index contributed by atoms with van der Waals surface area (Å²) in [6.07, 6.45) is 1.26. The molecular formula is C19H25N3O4S2. The Kier molecular flexibility index (Phi) is 7.64. The van der Waals surface area contributed by atoms with Crippen LogP contribution in [0, 0.1) is 0 Å². The molecule has 0 aromatic heterocycles. The monoisotopic (exact) mass is 423 g/mol. The van der Waals surface area contributed by atoms with E-state index >= 15 is 0 Å². The van der Waals surface area contributed by atoms with Crippen molar-refractivity contribution in [3.63, 3.8) is 0 Å². The van der Waals surface area contributed by atoms with Gasteiger partial charge in [0.15, 0.2) is 0 Å². The van der Waals surface area contributed by atoms with E-state index in [0.717, 1.165) is 4.90 Å². The highest BCUT2D eigenvalue weighted by Crippen LogP contribution is 2.21. The van der Waals surface area contributed by atoms with Crippen molar-refractivity contribution in [2.75, 3.05) is 43.7 Å². The third-order valence-corrected chi connectivity index (χ3v) is 6.71. The number of nitrogens with one attached hydrogen (secondary N) is 2. The maximum Gasteiger partial charge on any atom is 0.240 e. The molecule has 0 atom stereocenters. The van der Waals surface area contributed by atoms with Crippen molar-refractivity contribution in [1.82, 2.24) is 15.5 Å². The molecule has 1 aromatic rings. The lowest BCUT2D eigenvalue weighted by Gasteiger charge is -2.38. The molecule has 2 aliphatic heterocycles. The molecule has 2 heterocycles. The first kappa shape index (κ1) is 21.0. The highest BCUT2D eigenvalue weighted by atomic mass is 32.2. The number of carbonyl (C=O) groups excluding carboxylic acids is 3. The Hall–Kier alpha value is -1.71. The second kappa shape index (κ2) is 10.2. The zero-order valence-corrected chi connectivity index (χ0v) is 17.3. The van der Waals surface area contributed by atoms with E-state index < -0.39 is 5.54 Å². The first-order chi connectivity index (χ1) is 13.6. The Morgan fingerprint density at radius 1 is 1.18 bits per heavy atom. The fraction of sp³-hybridized carbons (Fsp3) is 0.526. The Bertz CT molecular complexity index is 696. The second-order valence-electron chi connectivity index (χ2n) is 6.89. The summed E-state index contributed by atoms with van der Waals surface area (Å²) in [5.74, 6) is 1.04. The van der Waals surface area contributed by atoms with Gasteiger partial charge in [0.1, 0.15) is 6.54 Å². The summed E-state index contributed by atoms with van der Waals surface area (Å²) >= 11 is 2.99. The first-order valence-electron chi connectivity index (χ1n) is 9.25. The molecule has 0 bridgehead atoms. The number of hydrogen-bond donors (Lipinski definition) is 2. The second-order valence-corrected chi connectivity index (χ2v) is 8.89. The number of ether oxygens (including phenoxy) is 1. The van der Waals surface area contributed by atoms with E-state index in [1.807, 2.05) is 30.3 Å². The fourth-order valence-corrected chi connectivity index (χ4v) is 4.79. The van der Waals surface area contributed by atoms with Crippen LogP contribution in [0.25, 0.3) is 0 Å². The van der Waals surface area contributed by atoms with Crippen molar-refractivity contribution in [2.45, 2.75) is 23.3 Å². The summed E-state index contributed by atoms with van der Waals surface area (Å²) in [4.78, 5) is 39.1. The molecule has 1 aromatic carbocycles. The Morgan fingerprint density at radius 2 is 1.93 bits per heavy atom. The number of thioether (sulfide) groups is 2. The molecule has 7 nitrogen and oxygen atoms in total. The largest absolute Gasteiger partial charge is 0.381 e. The van der Waals surface area contributed by atoms with E-state index in [4.69, 9.17) is 4.74 Å². The highest BCUT2D eigenvalue weighted by Gasteiger charge is 2.35. The van der Waals surface area contributed by atoms with Crippen LogP contribution in [-0.2, 0) is 19.1 Å². The van der Waals surface area contributed by atoms with E-state index in [1.165, 1.54) is 23.5 Å². The maximum absolute atomic E-state index is 12.5. The molecule has 0 unspecified atom stereocenters. The van der Waals surface area contributed by atoms with Crippen LogP contribution in [-0.4, -0.2) is 71.8 Å². The molecule has 0 spiro atoms. The zero-order chi connectivity index (χ0) is 19.8.